The number of piperidine rings is 1. The van der Waals surface area contributed by atoms with Gasteiger partial charge in [0.25, 0.3) is 0 Å². The molecule has 5 nitrogen and oxygen atoms in total. The Morgan fingerprint density at radius 1 is 1.32 bits per heavy atom. The molecule has 0 radical (unpaired) electrons. The molecule has 1 aliphatic heterocycles. The van der Waals surface area contributed by atoms with E-state index in [2.05, 4.69) is 27.3 Å². The standard InChI is InChI=1S/C14H24N4O/c1-2-18(9-12-5-3-4-8-15-12)10-13-16-14(17-19-13)11-6-7-11/h11-12,15H,2-10H2,1H3. The van der Waals surface area contributed by atoms with Gasteiger partial charge in [-0.15, -0.1) is 0 Å². The third-order valence-corrected chi connectivity index (χ3v) is 4.12. The van der Waals surface area contributed by atoms with Crippen molar-refractivity contribution in [2.24, 2.45) is 0 Å². The van der Waals surface area contributed by atoms with Gasteiger partial charge in [0.2, 0.25) is 5.89 Å². The fourth-order valence-corrected chi connectivity index (χ4v) is 2.73. The lowest BCUT2D eigenvalue weighted by Gasteiger charge is -2.29. The van der Waals surface area contributed by atoms with Crippen LogP contribution in [0.1, 0.15) is 56.7 Å². The number of nitrogens with one attached hydrogen (secondary N) is 1. The Bertz CT molecular complexity index is 396. The highest BCUT2D eigenvalue weighted by atomic mass is 16.5. The molecule has 19 heavy (non-hydrogen) atoms. The van der Waals surface area contributed by atoms with Crippen molar-refractivity contribution in [2.75, 3.05) is 19.6 Å². The van der Waals surface area contributed by atoms with Crippen molar-refractivity contribution >= 4 is 0 Å². The van der Waals surface area contributed by atoms with Crippen molar-refractivity contribution in [1.29, 1.82) is 0 Å². The third-order valence-electron chi connectivity index (χ3n) is 4.12. The Labute approximate surface area is 114 Å². The molecular weight excluding hydrogens is 240 g/mol. The lowest BCUT2D eigenvalue weighted by molar-refractivity contribution is 0.201. The minimum atomic E-state index is 0.576. The molecule has 0 spiro atoms. The highest BCUT2D eigenvalue weighted by Crippen LogP contribution is 2.38. The van der Waals surface area contributed by atoms with Crippen molar-refractivity contribution < 1.29 is 4.52 Å². The molecule has 0 amide bonds. The van der Waals surface area contributed by atoms with E-state index < -0.39 is 0 Å². The smallest absolute Gasteiger partial charge is 0.240 e. The zero-order chi connectivity index (χ0) is 13.1. The van der Waals surface area contributed by atoms with E-state index in [1.807, 2.05) is 0 Å². The van der Waals surface area contributed by atoms with Crippen LogP contribution in [-0.2, 0) is 6.54 Å². The first kappa shape index (κ1) is 13.1. The van der Waals surface area contributed by atoms with Crippen LogP contribution in [0.25, 0.3) is 0 Å². The molecule has 2 heterocycles. The summed E-state index contributed by atoms with van der Waals surface area (Å²) in [6, 6.07) is 0.625. The maximum Gasteiger partial charge on any atom is 0.240 e. The van der Waals surface area contributed by atoms with Gasteiger partial charge in [0.1, 0.15) is 0 Å². The fourth-order valence-electron chi connectivity index (χ4n) is 2.73. The molecule has 3 rings (SSSR count). The Morgan fingerprint density at radius 2 is 2.21 bits per heavy atom. The first-order valence-electron chi connectivity index (χ1n) is 7.63. The lowest BCUT2D eigenvalue weighted by Crippen LogP contribution is -2.43. The van der Waals surface area contributed by atoms with Gasteiger partial charge in [0, 0.05) is 18.5 Å². The number of aromatic nitrogens is 2. The third kappa shape index (κ3) is 3.54. The maximum absolute atomic E-state index is 5.36. The van der Waals surface area contributed by atoms with E-state index in [9.17, 15) is 0 Å². The molecule has 1 aliphatic carbocycles. The Balaban J connectivity index is 1.52. The predicted molar refractivity (Wildman–Crippen MR) is 72.9 cm³/mol. The van der Waals surface area contributed by atoms with E-state index >= 15 is 0 Å². The van der Waals surface area contributed by atoms with E-state index in [-0.39, 0.29) is 0 Å². The molecule has 5 heteroatoms. The topological polar surface area (TPSA) is 54.2 Å². The van der Waals surface area contributed by atoms with Crippen molar-refractivity contribution in [2.45, 2.75) is 57.5 Å². The predicted octanol–water partition coefficient (Wildman–Crippen LogP) is 1.91. The summed E-state index contributed by atoms with van der Waals surface area (Å²) >= 11 is 0. The summed E-state index contributed by atoms with van der Waals surface area (Å²) in [7, 11) is 0. The molecule has 1 saturated carbocycles. The van der Waals surface area contributed by atoms with Crippen LogP contribution in [0.15, 0.2) is 4.52 Å². The first-order valence-corrected chi connectivity index (χ1v) is 7.63. The van der Waals surface area contributed by atoms with Crippen molar-refractivity contribution in [3.05, 3.63) is 11.7 Å². The van der Waals surface area contributed by atoms with Crippen molar-refractivity contribution in [3.63, 3.8) is 0 Å². The number of hydrogen-bond donors (Lipinski definition) is 1. The molecule has 1 N–H and O–H groups in total. The average Bonchev–Trinajstić information content (AvgIpc) is 3.20. The Hall–Kier alpha value is -0.940. The fraction of sp³-hybridized carbons (Fsp3) is 0.857. The number of rotatable bonds is 6. The van der Waals surface area contributed by atoms with Crippen LogP contribution >= 0.6 is 0 Å². The second-order valence-corrected chi connectivity index (χ2v) is 5.80. The number of nitrogens with zero attached hydrogens (tertiary/aromatic N) is 3. The van der Waals surface area contributed by atoms with Crippen molar-refractivity contribution in [3.8, 4) is 0 Å². The quantitative estimate of drug-likeness (QED) is 0.850. The van der Waals surface area contributed by atoms with Gasteiger partial charge in [0.05, 0.1) is 6.54 Å². The van der Waals surface area contributed by atoms with Crippen LogP contribution in [0, 0.1) is 0 Å². The number of hydrogen-bond acceptors (Lipinski definition) is 5. The molecule has 2 fully saturated rings. The Kier molecular flexibility index (Phi) is 4.13. The summed E-state index contributed by atoms with van der Waals surface area (Å²) in [5, 5.41) is 7.68. The van der Waals surface area contributed by atoms with Crippen molar-refractivity contribution in [1.82, 2.24) is 20.4 Å². The van der Waals surface area contributed by atoms with Gasteiger partial charge in [-0.05, 0) is 38.8 Å². The van der Waals surface area contributed by atoms with Gasteiger partial charge < -0.3 is 9.84 Å². The maximum atomic E-state index is 5.36. The molecular formula is C14H24N4O. The molecule has 0 aromatic carbocycles. The van der Waals surface area contributed by atoms with Gasteiger partial charge in [-0.1, -0.05) is 18.5 Å². The van der Waals surface area contributed by atoms with Gasteiger partial charge >= 0.3 is 0 Å². The molecule has 1 aromatic rings. The van der Waals surface area contributed by atoms with Crippen LogP contribution in [0.3, 0.4) is 0 Å². The van der Waals surface area contributed by atoms with Crippen LogP contribution in [0.5, 0.6) is 0 Å². The van der Waals surface area contributed by atoms with E-state index in [0.717, 1.165) is 37.9 Å². The summed E-state index contributed by atoms with van der Waals surface area (Å²) in [6.45, 7) is 6.25. The van der Waals surface area contributed by atoms with Gasteiger partial charge in [0.15, 0.2) is 5.82 Å². The normalized spacial score (nSPS) is 24.0. The van der Waals surface area contributed by atoms with Gasteiger partial charge in [-0.25, -0.2) is 0 Å². The summed E-state index contributed by atoms with van der Waals surface area (Å²) in [6.07, 6.45) is 6.40. The Morgan fingerprint density at radius 3 is 2.89 bits per heavy atom. The zero-order valence-electron chi connectivity index (χ0n) is 11.8. The average molecular weight is 264 g/mol. The monoisotopic (exact) mass is 264 g/mol. The second kappa shape index (κ2) is 6.01. The molecule has 1 saturated heterocycles. The second-order valence-electron chi connectivity index (χ2n) is 5.80. The first-order chi connectivity index (χ1) is 9.35. The summed E-state index contributed by atoms with van der Waals surface area (Å²) < 4.78 is 5.36. The molecule has 0 bridgehead atoms. The van der Waals surface area contributed by atoms with E-state index in [1.54, 1.807) is 0 Å². The molecule has 106 valence electrons. The molecule has 1 unspecified atom stereocenters. The molecule has 1 aromatic heterocycles. The highest BCUT2D eigenvalue weighted by molar-refractivity contribution is 5.03. The largest absolute Gasteiger partial charge is 0.338 e. The highest BCUT2D eigenvalue weighted by Gasteiger charge is 2.29. The van der Waals surface area contributed by atoms with Crippen LogP contribution in [-0.4, -0.2) is 40.7 Å². The summed E-state index contributed by atoms with van der Waals surface area (Å²) in [5.41, 5.74) is 0. The van der Waals surface area contributed by atoms with E-state index in [0.29, 0.717) is 12.0 Å². The van der Waals surface area contributed by atoms with Gasteiger partial charge in [-0.3, -0.25) is 4.90 Å². The SMILES string of the molecule is CCN(Cc1nc(C2CC2)no1)CC1CCCCN1. The number of likely N-dealkylation sites (N-methyl/N-ethyl adjacent to an activating group) is 1. The van der Waals surface area contributed by atoms with Crippen LogP contribution in [0.2, 0.25) is 0 Å². The van der Waals surface area contributed by atoms with Crippen LogP contribution in [0.4, 0.5) is 0 Å². The van der Waals surface area contributed by atoms with E-state index in [4.69, 9.17) is 4.52 Å². The molecule has 2 aliphatic rings. The van der Waals surface area contributed by atoms with Gasteiger partial charge in [-0.2, -0.15) is 4.98 Å². The minimum Gasteiger partial charge on any atom is -0.338 e. The molecule has 1 atom stereocenters. The minimum absolute atomic E-state index is 0.576. The summed E-state index contributed by atoms with van der Waals surface area (Å²) in [4.78, 5) is 6.91. The lowest BCUT2D eigenvalue weighted by atomic mass is 10.0. The van der Waals surface area contributed by atoms with E-state index in [1.165, 1.54) is 32.1 Å². The van der Waals surface area contributed by atoms with Crippen LogP contribution < -0.4 is 5.32 Å². The zero-order valence-corrected chi connectivity index (χ0v) is 11.8. The summed E-state index contributed by atoms with van der Waals surface area (Å²) in [5.74, 6) is 2.27.